The fraction of sp³-hybridized carbons (Fsp3) is 0.500. The number of halogens is 2. The van der Waals surface area contributed by atoms with Crippen molar-refractivity contribution in [2.45, 2.75) is 31.7 Å². The van der Waals surface area contributed by atoms with Crippen LogP contribution in [0.2, 0.25) is 0 Å². The standard InChI is InChI=1S/C14H17Br2NO2/c15-10-5-6-11(12(16)7-10)14(19)17-13-4-2-1-3-9(13)8-18/h5-7,9,13,18H,1-4,8H2,(H,17,19). The number of aliphatic hydroxyl groups excluding tert-OH is 1. The third kappa shape index (κ3) is 3.80. The van der Waals surface area contributed by atoms with Gasteiger partial charge in [0.1, 0.15) is 0 Å². The van der Waals surface area contributed by atoms with E-state index in [1.165, 1.54) is 0 Å². The smallest absolute Gasteiger partial charge is 0.252 e. The molecule has 2 N–H and O–H groups in total. The van der Waals surface area contributed by atoms with Crippen LogP contribution in [0.25, 0.3) is 0 Å². The molecule has 1 aliphatic carbocycles. The summed E-state index contributed by atoms with van der Waals surface area (Å²) in [6, 6.07) is 5.59. The first-order valence-electron chi connectivity index (χ1n) is 6.48. The highest BCUT2D eigenvalue weighted by Gasteiger charge is 2.26. The Bertz CT molecular complexity index is 465. The predicted octanol–water partition coefficient (Wildman–Crippen LogP) is 3.49. The molecule has 2 unspecified atom stereocenters. The van der Waals surface area contributed by atoms with E-state index in [0.717, 1.165) is 34.6 Å². The summed E-state index contributed by atoms with van der Waals surface area (Å²) in [5.41, 5.74) is 0.630. The number of nitrogens with one attached hydrogen (secondary N) is 1. The van der Waals surface area contributed by atoms with Crippen LogP contribution in [-0.4, -0.2) is 23.7 Å². The molecule has 1 amide bonds. The summed E-state index contributed by atoms with van der Waals surface area (Å²) in [4.78, 5) is 12.3. The molecular formula is C14H17Br2NO2. The lowest BCUT2D eigenvalue weighted by atomic mass is 9.85. The zero-order valence-electron chi connectivity index (χ0n) is 10.5. The predicted molar refractivity (Wildman–Crippen MR) is 82.1 cm³/mol. The fourth-order valence-electron chi connectivity index (χ4n) is 2.54. The van der Waals surface area contributed by atoms with E-state index in [9.17, 15) is 9.90 Å². The van der Waals surface area contributed by atoms with E-state index in [4.69, 9.17) is 0 Å². The van der Waals surface area contributed by atoms with Gasteiger partial charge in [0, 0.05) is 27.5 Å². The van der Waals surface area contributed by atoms with Crippen LogP contribution in [-0.2, 0) is 0 Å². The molecule has 0 spiro atoms. The van der Waals surface area contributed by atoms with Crippen molar-refractivity contribution in [1.82, 2.24) is 5.32 Å². The lowest BCUT2D eigenvalue weighted by Crippen LogP contribution is -2.43. The summed E-state index contributed by atoms with van der Waals surface area (Å²) in [5, 5.41) is 12.4. The average Bonchev–Trinajstić information content (AvgIpc) is 2.39. The Balaban J connectivity index is 2.07. The van der Waals surface area contributed by atoms with E-state index in [1.54, 1.807) is 6.07 Å². The second-order valence-corrected chi connectivity index (χ2v) is 6.70. The van der Waals surface area contributed by atoms with Crippen molar-refractivity contribution in [3.8, 4) is 0 Å². The van der Waals surface area contributed by atoms with Crippen LogP contribution in [0.1, 0.15) is 36.0 Å². The van der Waals surface area contributed by atoms with Crippen molar-refractivity contribution in [3.05, 3.63) is 32.7 Å². The van der Waals surface area contributed by atoms with Gasteiger partial charge in [-0.15, -0.1) is 0 Å². The average molecular weight is 391 g/mol. The molecule has 104 valence electrons. The van der Waals surface area contributed by atoms with E-state index < -0.39 is 0 Å². The molecule has 0 radical (unpaired) electrons. The molecule has 5 heteroatoms. The summed E-state index contributed by atoms with van der Waals surface area (Å²) in [5.74, 6) is 0.108. The van der Waals surface area contributed by atoms with Gasteiger partial charge < -0.3 is 10.4 Å². The third-order valence-corrected chi connectivity index (χ3v) is 4.79. The summed E-state index contributed by atoms with van der Waals surface area (Å²) in [6.07, 6.45) is 4.19. The first-order chi connectivity index (χ1) is 9.11. The van der Waals surface area contributed by atoms with Crippen LogP contribution in [0.4, 0.5) is 0 Å². The van der Waals surface area contributed by atoms with Crippen LogP contribution in [0.15, 0.2) is 27.1 Å². The maximum absolute atomic E-state index is 12.3. The van der Waals surface area contributed by atoms with Gasteiger partial charge in [0.25, 0.3) is 5.91 Å². The van der Waals surface area contributed by atoms with Gasteiger partial charge in [-0.05, 0) is 47.0 Å². The van der Waals surface area contributed by atoms with Crippen LogP contribution in [0.5, 0.6) is 0 Å². The van der Waals surface area contributed by atoms with Gasteiger partial charge in [0.15, 0.2) is 0 Å². The van der Waals surface area contributed by atoms with Gasteiger partial charge in [-0.1, -0.05) is 28.8 Å². The van der Waals surface area contributed by atoms with E-state index in [0.29, 0.717) is 5.56 Å². The molecule has 2 rings (SSSR count). The maximum atomic E-state index is 12.3. The van der Waals surface area contributed by atoms with Crippen LogP contribution in [0.3, 0.4) is 0 Å². The largest absolute Gasteiger partial charge is 0.396 e. The van der Waals surface area contributed by atoms with Gasteiger partial charge >= 0.3 is 0 Å². The number of aliphatic hydroxyl groups is 1. The lowest BCUT2D eigenvalue weighted by molar-refractivity contribution is 0.0872. The summed E-state index contributed by atoms with van der Waals surface area (Å²) < 4.78 is 1.71. The first-order valence-corrected chi connectivity index (χ1v) is 8.07. The summed E-state index contributed by atoms with van der Waals surface area (Å²) in [7, 11) is 0. The van der Waals surface area contributed by atoms with E-state index in [1.807, 2.05) is 12.1 Å². The van der Waals surface area contributed by atoms with Gasteiger partial charge in [-0.2, -0.15) is 0 Å². The molecule has 0 bridgehead atoms. The fourth-order valence-corrected chi connectivity index (χ4v) is 3.76. The molecule has 19 heavy (non-hydrogen) atoms. The van der Waals surface area contributed by atoms with E-state index in [2.05, 4.69) is 37.2 Å². The highest BCUT2D eigenvalue weighted by molar-refractivity contribution is 9.11. The van der Waals surface area contributed by atoms with Gasteiger partial charge in [0.2, 0.25) is 0 Å². The number of hydrogen-bond donors (Lipinski definition) is 2. The molecule has 0 aromatic heterocycles. The van der Waals surface area contributed by atoms with Crippen molar-refractivity contribution in [2.24, 2.45) is 5.92 Å². The first kappa shape index (κ1) is 15.0. The van der Waals surface area contributed by atoms with Crippen LogP contribution in [0, 0.1) is 5.92 Å². The Morgan fingerprint density at radius 3 is 2.74 bits per heavy atom. The van der Waals surface area contributed by atoms with Gasteiger partial charge in [-0.25, -0.2) is 0 Å². The summed E-state index contributed by atoms with van der Waals surface area (Å²) >= 11 is 6.77. The lowest BCUT2D eigenvalue weighted by Gasteiger charge is -2.31. The van der Waals surface area contributed by atoms with Crippen molar-refractivity contribution in [3.63, 3.8) is 0 Å². The minimum absolute atomic E-state index is 0.0790. The molecule has 2 atom stereocenters. The zero-order valence-corrected chi connectivity index (χ0v) is 13.7. The maximum Gasteiger partial charge on any atom is 0.252 e. The van der Waals surface area contributed by atoms with Crippen molar-refractivity contribution >= 4 is 37.8 Å². The Morgan fingerprint density at radius 2 is 2.05 bits per heavy atom. The Kier molecular flexibility index (Phi) is 5.42. The van der Waals surface area contributed by atoms with E-state index >= 15 is 0 Å². The molecule has 0 saturated heterocycles. The Hall–Kier alpha value is -0.390. The highest BCUT2D eigenvalue weighted by atomic mass is 79.9. The van der Waals surface area contributed by atoms with Crippen molar-refractivity contribution < 1.29 is 9.90 Å². The highest BCUT2D eigenvalue weighted by Crippen LogP contribution is 2.26. The number of carbonyl (C=O) groups excluding carboxylic acids is 1. The summed E-state index contributed by atoms with van der Waals surface area (Å²) in [6.45, 7) is 0.145. The minimum Gasteiger partial charge on any atom is -0.396 e. The molecule has 1 aromatic rings. The van der Waals surface area contributed by atoms with Gasteiger partial charge in [-0.3, -0.25) is 4.79 Å². The molecule has 1 aliphatic rings. The number of carbonyl (C=O) groups is 1. The second-order valence-electron chi connectivity index (χ2n) is 4.93. The molecule has 1 aromatic carbocycles. The SMILES string of the molecule is O=C(NC1CCCCC1CO)c1ccc(Br)cc1Br. The molecule has 0 aliphatic heterocycles. The minimum atomic E-state index is -0.0790. The molecule has 1 saturated carbocycles. The number of hydrogen-bond acceptors (Lipinski definition) is 2. The zero-order chi connectivity index (χ0) is 13.8. The number of amides is 1. The van der Waals surface area contributed by atoms with Crippen molar-refractivity contribution in [2.75, 3.05) is 6.61 Å². The van der Waals surface area contributed by atoms with Crippen LogP contribution >= 0.6 is 31.9 Å². The van der Waals surface area contributed by atoms with Crippen molar-refractivity contribution in [1.29, 1.82) is 0 Å². The number of rotatable bonds is 3. The molecule has 0 heterocycles. The molecule has 3 nitrogen and oxygen atoms in total. The molecule has 1 fully saturated rings. The van der Waals surface area contributed by atoms with Crippen LogP contribution < -0.4 is 5.32 Å². The van der Waals surface area contributed by atoms with Gasteiger partial charge in [0.05, 0.1) is 5.56 Å². The molecular weight excluding hydrogens is 374 g/mol. The third-order valence-electron chi connectivity index (χ3n) is 3.64. The second kappa shape index (κ2) is 6.86. The monoisotopic (exact) mass is 389 g/mol. The number of benzene rings is 1. The quantitative estimate of drug-likeness (QED) is 0.829. The Morgan fingerprint density at radius 1 is 1.32 bits per heavy atom. The Labute approximate surface area is 130 Å². The van der Waals surface area contributed by atoms with E-state index in [-0.39, 0.29) is 24.5 Å². The topological polar surface area (TPSA) is 49.3 Å². The normalized spacial score (nSPS) is 23.1.